The maximum Gasteiger partial charge on any atom is 0.470 e. The molecule has 10 N–H and O–H groups in total. The molecule has 2 rings (SSSR count). The van der Waals surface area contributed by atoms with Gasteiger partial charge < -0.3 is 69.8 Å². The number of carbonyl (C=O) groups excluding carboxylic acids is 2. The minimum absolute atomic E-state index is 0.276. The Morgan fingerprint density at radius 1 is 0.774 bits per heavy atom. The Labute approximate surface area is 366 Å². The van der Waals surface area contributed by atoms with Crippen LogP contribution in [-0.4, -0.2) is 150 Å². The van der Waals surface area contributed by atoms with E-state index in [0.29, 0.717) is 19.3 Å². The number of esters is 1. The van der Waals surface area contributed by atoms with Gasteiger partial charge in [0.05, 0.1) is 57.0 Å². The molecule has 2 aliphatic heterocycles. The molecule has 1 amide bonds. The average molecular weight is 916 g/mol. The minimum Gasteiger partial charge on any atom is -0.477 e. The van der Waals surface area contributed by atoms with Gasteiger partial charge >= 0.3 is 19.8 Å². The number of aliphatic hydroxyl groups excluding tert-OH is 6. The first kappa shape index (κ1) is 56.3. The molecule has 0 bridgehead atoms. The van der Waals surface area contributed by atoms with E-state index in [1.54, 1.807) is 0 Å². The van der Waals surface area contributed by atoms with Gasteiger partial charge in [-0.05, 0) is 12.8 Å². The molecule has 0 aliphatic carbocycles. The second-order valence-corrected chi connectivity index (χ2v) is 18.2. The van der Waals surface area contributed by atoms with Crippen molar-refractivity contribution in [1.82, 2.24) is 5.32 Å². The predicted molar refractivity (Wildman–Crippen MR) is 224 cm³/mol. The lowest BCUT2D eigenvalue weighted by Crippen LogP contribution is -2.65. The summed E-state index contributed by atoms with van der Waals surface area (Å²) in [6.07, 6.45) is 3.02. The first-order valence-electron chi connectivity index (χ1n) is 22.9. The van der Waals surface area contributed by atoms with E-state index in [1.807, 2.05) is 0 Å². The van der Waals surface area contributed by atoms with E-state index in [0.717, 1.165) is 51.4 Å². The molecule has 2 aliphatic rings. The Balaban J connectivity index is 2.20. The lowest BCUT2D eigenvalue weighted by atomic mass is 9.92. The van der Waals surface area contributed by atoms with Gasteiger partial charge in [0.25, 0.3) is 5.79 Å². The highest BCUT2D eigenvalue weighted by molar-refractivity contribution is 7.46. The summed E-state index contributed by atoms with van der Waals surface area (Å²) in [5.41, 5.74) is 0. The fourth-order valence-electron chi connectivity index (χ4n) is 7.89. The second kappa shape index (κ2) is 30.4. The third-order valence-corrected chi connectivity index (χ3v) is 12.0. The maximum absolute atomic E-state index is 13.4. The molecule has 0 unspecified atom stereocenters. The third-order valence-electron chi connectivity index (χ3n) is 11.5. The largest absolute Gasteiger partial charge is 0.477 e. The van der Waals surface area contributed by atoms with Crippen molar-refractivity contribution in [2.75, 3.05) is 19.8 Å². The van der Waals surface area contributed by atoms with Gasteiger partial charge in [-0.1, -0.05) is 129 Å². The zero-order valence-corrected chi connectivity index (χ0v) is 37.7. The Bertz CT molecular complexity index is 1310. The van der Waals surface area contributed by atoms with Crippen molar-refractivity contribution in [3.63, 3.8) is 0 Å². The number of phosphoric ester groups is 1. The van der Waals surface area contributed by atoms with E-state index in [1.165, 1.54) is 51.4 Å². The van der Waals surface area contributed by atoms with Crippen LogP contribution in [0.2, 0.25) is 0 Å². The molecule has 2 heterocycles. The SMILES string of the molecule is CCCCCCCCCCC[C@@H](O)CC(=O)N[C@H]1CO[C@H](CO[C@]2(C(=O)O)C[C@@H](O)[C@@H](O)[C@@H]([C@H](O)CO)O2)[C@@H](OP(=O)(O)O)[C@@H]1OC(=O)C[C@H](O)CCCCCCCCCCC. The van der Waals surface area contributed by atoms with Crippen LogP contribution in [0.15, 0.2) is 0 Å². The monoisotopic (exact) mass is 915 g/mol. The number of aliphatic carboxylic acids is 1. The number of aliphatic hydroxyl groups is 6. The van der Waals surface area contributed by atoms with Crippen molar-refractivity contribution >= 4 is 25.7 Å². The normalized spacial score (nSPS) is 27.0. The molecular weight excluding hydrogens is 837 g/mol. The molecule has 0 aromatic carbocycles. The quantitative estimate of drug-likeness (QED) is 0.0252. The molecular formula is C42H78NO18P. The first-order valence-corrected chi connectivity index (χ1v) is 24.4. The first-order chi connectivity index (χ1) is 29.5. The number of nitrogens with one attached hydrogen (secondary N) is 1. The molecule has 19 nitrogen and oxygen atoms in total. The Kier molecular flexibility index (Phi) is 27.6. The molecule has 0 spiro atoms. The third kappa shape index (κ3) is 21.4. The highest BCUT2D eigenvalue weighted by Gasteiger charge is 2.56. The van der Waals surface area contributed by atoms with Crippen molar-refractivity contribution in [3.8, 4) is 0 Å². The van der Waals surface area contributed by atoms with Crippen LogP contribution in [0.3, 0.4) is 0 Å². The fraction of sp³-hybridized carbons (Fsp3) is 0.929. The number of hydrogen-bond donors (Lipinski definition) is 10. The standard InChI is InChI=1S/C42H78NO18P/c1-3-5-7-9-11-13-15-17-19-21-29(45)23-35(49)43-31-27-57-34(28-58-42(41(52)53)25-32(47)37(51)39(60-42)33(48)26-44)40(61-62(54,55)56)38(31)59-36(50)24-30(46)22-20-18-16-14-12-10-8-6-4-2/h29-34,37-40,44-48,51H,3-28H2,1-2H3,(H,43,49)(H,52,53)(H2,54,55,56)/t29-,30-,31+,32-,33-,34-,37-,38-,39-,40-,42-/m1/s1. The number of amides is 1. The molecule has 0 aromatic rings. The van der Waals surface area contributed by atoms with E-state index in [9.17, 15) is 64.5 Å². The Morgan fingerprint density at radius 3 is 1.76 bits per heavy atom. The molecule has 0 radical (unpaired) electrons. The number of carbonyl (C=O) groups is 3. The molecule has 62 heavy (non-hydrogen) atoms. The van der Waals surface area contributed by atoms with Crippen LogP contribution in [-0.2, 0) is 42.4 Å². The van der Waals surface area contributed by atoms with Crippen LogP contribution < -0.4 is 5.32 Å². The van der Waals surface area contributed by atoms with E-state index in [2.05, 4.69) is 19.2 Å². The highest BCUT2D eigenvalue weighted by atomic mass is 31.2. The highest BCUT2D eigenvalue weighted by Crippen LogP contribution is 2.42. The zero-order valence-electron chi connectivity index (χ0n) is 36.8. The number of carboxylic acids is 1. The van der Waals surface area contributed by atoms with Crippen molar-refractivity contribution < 1.29 is 88.0 Å². The van der Waals surface area contributed by atoms with Gasteiger partial charge in [0.15, 0.2) is 6.10 Å². The molecule has 2 saturated heterocycles. The maximum atomic E-state index is 13.4. The second-order valence-electron chi connectivity index (χ2n) is 17.0. The molecule has 0 saturated carbocycles. The molecule has 0 aromatic heterocycles. The Hall–Kier alpha value is -1.84. The molecule has 20 heteroatoms. The van der Waals surface area contributed by atoms with Crippen molar-refractivity contribution in [3.05, 3.63) is 0 Å². The number of carboxylic acid groups (broad SMARTS) is 1. The molecule has 11 atom stereocenters. The van der Waals surface area contributed by atoms with E-state index >= 15 is 0 Å². The summed E-state index contributed by atoms with van der Waals surface area (Å²) in [6, 6.07) is -1.32. The fourth-order valence-corrected chi connectivity index (χ4v) is 8.46. The van der Waals surface area contributed by atoms with Gasteiger partial charge in [-0.25, -0.2) is 9.36 Å². The molecule has 364 valence electrons. The summed E-state index contributed by atoms with van der Waals surface area (Å²) in [5, 5.41) is 74.6. The minimum atomic E-state index is -5.47. The smallest absolute Gasteiger partial charge is 0.470 e. The van der Waals surface area contributed by atoms with E-state index < -0.39 is 125 Å². The van der Waals surface area contributed by atoms with Crippen LogP contribution in [0.25, 0.3) is 0 Å². The van der Waals surface area contributed by atoms with E-state index in [4.69, 9.17) is 23.5 Å². The van der Waals surface area contributed by atoms with Gasteiger partial charge in [-0.2, -0.15) is 0 Å². The topological polar surface area (TPSA) is 309 Å². The van der Waals surface area contributed by atoms with Crippen LogP contribution in [0.5, 0.6) is 0 Å². The zero-order chi connectivity index (χ0) is 46.1. The van der Waals surface area contributed by atoms with Crippen LogP contribution >= 0.6 is 7.82 Å². The van der Waals surface area contributed by atoms with Crippen molar-refractivity contribution in [2.24, 2.45) is 0 Å². The van der Waals surface area contributed by atoms with E-state index in [-0.39, 0.29) is 12.8 Å². The van der Waals surface area contributed by atoms with Gasteiger partial charge in [-0.3, -0.25) is 14.1 Å². The number of unbranched alkanes of at least 4 members (excludes halogenated alkanes) is 16. The summed E-state index contributed by atoms with van der Waals surface area (Å²) < 4.78 is 39.9. The van der Waals surface area contributed by atoms with Gasteiger partial charge in [0.2, 0.25) is 5.91 Å². The van der Waals surface area contributed by atoms with Gasteiger partial charge in [-0.15, -0.1) is 0 Å². The van der Waals surface area contributed by atoms with Crippen molar-refractivity contribution in [1.29, 1.82) is 0 Å². The summed E-state index contributed by atoms with van der Waals surface area (Å²) >= 11 is 0. The van der Waals surface area contributed by atoms with Crippen LogP contribution in [0.4, 0.5) is 0 Å². The lowest BCUT2D eigenvalue weighted by molar-refractivity contribution is -0.331. The predicted octanol–water partition coefficient (Wildman–Crippen LogP) is 3.26. The van der Waals surface area contributed by atoms with Crippen LogP contribution in [0, 0.1) is 0 Å². The lowest BCUT2D eigenvalue weighted by Gasteiger charge is -2.45. The number of ether oxygens (including phenoxy) is 4. The summed E-state index contributed by atoms with van der Waals surface area (Å²) in [6.45, 7) is 1.92. The summed E-state index contributed by atoms with van der Waals surface area (Å²) in [7, 11) is -5.47. The van der Waals surface area contributed by atoms with Crippen molar-refractivity contribution in [2.45, 2.75) is 228 Å². The number of hydrogen-bond acceptors (Lipinski definition) is 15. The molecule has 2 fully saturated rings. The summed E-state index contributed by atoms with van der Waals surface area (Å²) in [4.78, 5) is 59.1. The summed E-state index contributed by atoms with van der Waals surface area (Å²) in [5.74, 6) is -6.33. The average Bonchev–Trinajstić information content (AvgIpc) is 3.20. The van der Waals surface area contributed by atoms with Gasteiger partial charge in [0, 0.05) is 6.42 Å². The number of rotatable bonds is 34. The Morgan fingerprint density at radius 2 is 1.27 bits per heavy atom. The van der Waals surface area contributed by atoms with Gasteiger partial charge in [0.1, 0.15) is 30.5 Å². The number of phosphoric acid groups is 1. The van der Waals surface area contributed by atoms with Crippen LogP contribution in [0.1, 0.15) is 162 Å².